The van der Waals surface area contributed by atoms with Crippen molar-refractivity contribution in [2.75, 3.05) is 6.61 Å². The van der Waals surface area contributed by atoms with Gasteiger partial charge in [0, 0.05) is 0 Å². The Kier molecular flexibility index (Phi) is 10.8. The van der Waals surface area contributed by atoms with Crippen molar-refractivity contribution in [3.8, 4) is 0 Å². The topological polar surface area (TPSA) is 9.23 Å². The molecule has 1 nitrogen and oxygen atoms in total. The van der Waals surface area contributed by atoms with E-state index in [2.05, 4.69) is 52.2 Å². The molecule has 91 valence electrons. The third-order valence-corrected chi connectivity index (χ3v) is 4.04. The van der Waals surface area contributed by atoms with E-state index in [1.54, 1.807) is 0 Å². The zero-order valence-corrected chi connectivity index (χ0v) is 14.2. The second-order valence-electron chi connectivity index (χ2n) is 4.67. The molecule has 0 fully saturated rings. The summed E-state index contributed by atoms with van der Waals surface area (Å²) in [5.41, 5.74) is 1.53. The molecule has 16 heavy (non-hydrogen) atoms. The Labute approximate surface area is 124 Å². The maximum Gasteiger partial charge on any atom is -1.00 e. The first-order valence-electron chi connectivity index (χ1n) is 5.23. The fourth-order valence-corrected chi connectivity index (χ4v) is 2.69. The van der Waals surface area contributed by atoms with E-state index in [0.29, 0.717) is 0 Å². The van der Waals surface area contributed by atoms with Crippen LogP contribution in [0.5, 0.6) is 0 Å². The van der Waals surface area contributed by atoms with Gasteiger partial charge in [-0.3, -0.25) is 0 Å². The van der Waals surface area contributed by atoms with E-state index in [-0.39, 0.29) is 24.8 Å². The van der Waals surface area contributed by atoms with Crippen molar-refractivity contribution in [2.24, 2.45) is 0 Å². The molecule has 0 aromatic carbocycles. The summed E-state index contributed by atoms with van der Waals surface area (Å²) in [5.74, 6) is 0. The summed E-state index contributed by atoms with van der Waals surface area (Å²) < 4.78 is 7.36. The quantitative estimate of drug-likeness (QED) is 0.399. The van der Waals surface area contributed by atoms with Gasteiger partial charge in [0.2, 0.25) is 0 Å². The Morgan fingerprint density at radius 1 is 1.31 bits per heavy atom. The minimum Gasteiger partial charge on any atom is -1.00 e. The van der Waals surface area contributed by atoms with Crippen LogP contribution in [0.3, 0.4) is 0 Å². The smallest absolute Gasteiger partial charge is 1.00 e. The predicted octanol–water partition coefficient (Wildman–Crippen LogP) is -2.61. The Bertz CT molecular complexity index is 259. The van der Waals surface area contributed by atoms with Gasteiger partial charge in [0.1, 0.15) is 0 Å². The first kappa shape index (κ1) is 19.3. The second-order valence-corrected chi connectivity index (χ2v) is 10.1. The molecule has 0 heterocycles. The number of hydrogen-bond acceptors (Lipinski definition) is 1. The van der Waals surface area contributed by atoms with Gasteiger partial charge in [-0.25, -0.2) is 0 Å². The van der Waals surface area contributed by atoms with Crippen molar-refractivity contribution in [1.82, 2.24) is 0 Å². The average molecular weight is 314 g/mol. The Hall–Kier alpha value is 0.951. The zero-order valence-electron chi connectivity index (χ0n) is 10.1. The summed E-state index contributed by atoms with van der Waals surface area (Å²) >= 11 is 2.23. The van der Waals surface area contributed by atoms with Gasteiger partial charge in [0.05, 0.1) is 0 Å². The van der Waals surface area contributed by atoms with Crippen molar-refractivity contribution in [3.63, 3.8) is 0 Å². The van der Waals surface area contributed by atoms with Gasteiger partial charge in [-0.2, -0.15) is 0 Å². The van der Waals surface area contributed by atoms with Crippen LogP contribution in [0.1, 0.15) is 19.3 Å². The summed E-state index contributed by atoms with van der Waals surface area (Å²) in [7, 11) is -1.29. The van der Waals surface area contributed by atoms with Crippen molar-refractivity contribution < 1.29 is 49.7 Å². The van der Waals surface area contributed by atoms with Crippen LogP contribution in [0.4, 0.5) is 0 Å². The van der Waals surface area contributed by atoms with Crippen LogP contribution in [0.25, 0.3) is 0 Å². The molecule has 0 spiro atoms. The maximum absolute atomic E-state index is 5.82. The Balaban J connectivity index is 0. The van der Waals surface area contributed by atoms with Gasteiger partial charge in [0.15, 0.2) is 0 Å². The molecule has 5 heteroatoms. The summed E-state index contributed by atoms with van der Waals surface area (Å²) in [5, 5.41) is 0. The first-order valence-corrected chi connectivity index (χ1v) is 9.42. The van der Waals surface area contributed by atoms with Gasteiger partial charge < -0.3 is 24.8 Å². The largest absolute Gasteiger partial charge is 1.00 e. The van der Waals surface area contributed by atoms with Crippen LogP contribution < -0.4 is 24.8 Å². The van der Waals surface area contributed by atoms with Gasteiger partial charge >= 0.3 is 100 Å². The van der Waals surface area contributed by atoms with E-state index in [1.165, 1.54) is 22.3 Å². The Morgan fingerprint density at radius 3 is 2.38 bits per heavy atom. The third kappa shape index (κ3) is 8.10. The van der Waals surface area contributed by atoms with E-state index in [9.17, 15) is 0 Å². The molecule has 1 aliphatic rings. The monoisotopic (exact) mass is 313 g/mol. The van der Waals surface area contributed by atoms with E-state index in [4.69, 9.17) is 4.43 Å². The maximum atomic E-state index is 5.82. The molecular weight excluding hydrogens is 295 g/mol. The molecular formula is C11H19Cl2OSiTi. The van der Waals surface area contributed by atoms with Crippen molar-refractivity contribution in [3.05, 3.63) is 21.6 Å². The molecule has 0 atom stereocenters. The van der Waals surface area contributed by atoms with E-state index >= 15 is 0 Å². The van der Waals surface area contributed by atoms with Crippen molar-refractivity contribution in [2.45, 2.75) is 38.9 Å². The number of halogens is 2. The number of hydrogen-bond donors (Lipinski definition) is 0. The summed E-state index contributed by atoms with van der Waals surface area (Å²) in [6, 6.07) is 0. The van der Waals surface area contributed by atoms with E-state index < -0.39 is 8.32 Å². The minimum atomic E-state index is -1.29. The van der Waals surface area contributed by atoms with Gasteiger partial charge in [-0.05, 0) is 0 Å². The van der Waals surface area contributed by atoms with Crippen molar-refractivity contribution >= 4 is 8.32 Å². The molecule has 0 saturated carbocycles. The van der Waals surface area contributed by atoms with Crippen LogP contribution in [0.15, 0.2) is 21.6 Å². The van der Waals surface area contributed by atoms with Crippen LogP contribution in [-0.2, 0) is 24.9 Å². The standard InChI is InChI=1S/C11H19OSi.2ClH.Ti/c1-13(2,3)12-10-6-9-11-7-4-5-8-11;;;/h4,7H,5-6,9-10H2,1-3H3;2*1H;/q;;;+2/p-2. The van der Waals surface area contributed by atoms with E-state index in [1.807, 2.05) is 0 Å². The molecule has 0 aromatic rings. The normalized spacial score (nSPS) is 14.8. The predicted molar refractivity (Wildman–Crippen MR) is 59.3 cm³/mol. The molecule has 0 aliphatic heterocycles. The number of rotatable bonds is 5. The summed E-state index contributed by atoms with van der Waals surface area (Å²) in [4.78, 5) is 0. The second kappa shape index (κ2) is 8.96. The third-order valence-electron chi connectivity index (χ3n) is 2.15. The SMILES string of the molecule is C[Si](C)(C)OCCCC1=[C]([Ti+2])CC=C1.[Cl-].[Cl-]. The number of allylic oxidation sites excluding steroid dienone is 4. The minimum absolute atomic E-state index is 0. The van der Waals surface area contributed by atoms with Crippen LogP contribution >= 0.6 is 0 Å². The molecule has 1 rings (SSSR count). The van der Waals surface area contributed by atoms with Gasteiger partial charge in [-0.15, -0.1) is 0 Å². The first-order chi connectivity index (χ1) is 6.49. The van der Waals surface area contributed by atoms with Crippen molar-refractivity contribution in [1.29, 1.82) is 0 Å². The molecule has 0 saturated heterocycles. The van der Waals surface area contributed by atoms with E-state index in [0.717, 1.165) is 13.0 Å². The fourth-order valence-electron chi connectivity index (χ4n) is 1.43. The molecule has 0 aromatic heterocycles. The average Bonchev–Trinajstić information content (AvgIpc) is 2.44. The van der Waals surface area contributed by atoms with Gasteiger partial charge in [0.25, 0.3) is 0 Å². The van der Waals surface area contributed by atoms with Crippen LogP contribution in [-0.4, -0.2) is 14.9 Å². The molecule has 1 aliphatic carbocycles. The summed E-state index contributed by atoms with van der Waals surface area (Å²) in [6.07, 6.45) is 8.03. The van der Waals surface area contributed by atoms with Crippen LogP contribution in [0.2, 0.25) is 19.6 Å². The zero-order chi connectivity index (χ0) is 10.6. The van der Waals surface area contributed by atoms with Gasteiger partial charge in [-0.1, -0.05) is 0 Å². The fraction of sp³-hybridized carbons (Fsp3) is 0.636. The Morgan fingerprint density at radius 2 is 1.94 bits per heavy atom. The summed E-state index contributed by atoms with van der Waals surface area (Å²) in [6.45, 7) is 7.66. The molecule has 0 N–H and O–H groups in total. The molecule has 0 unspecified atom stereocenters. The molecule has 0 amide bonds. The molecule has 0 radical (unpaired) electrons. The van der Waals surface area contributed by atoms with Crippen LogP contribution in [0, 0.1) is 0 Å². The molecule has 0 bridgehead atoms.